The van der Waals surface area contributed by atoms with E-state index < -0.39 is 0 Å². The fourth-order valence-corrected chi connectivity index (χ4v) is 2.91. The quantitative estimate of drug-likeness (QED) is 0.726. The molecule has 90 valence electrons. The van der Waals surface area contributed by atoms with Gasteiger partial charge in [0.25, 0.3) is 0 Å². The zero-order chi connectivity index (χ0) is 11.3. The van der Waals surface area contributed by atoms with Gasteiger partial charge in [-0.25, -0.2) is 0 Å². The molecule has 0 bridgehead atoms. The van der Waals surface area contributed by atoms with Gasteiger partial charge >= 0.3 is 0 Å². The molecule has 1 fully saturated rings. The lowest BCUT2D eigenvalue weighted by atomic mass is 9.69. The van der Waals surface area contributed by atoms with Crippen LogP contribution in [0.5, 0.6) is 0 Å². The summed E-state index contributed by atoms with van der Waals surface area (Å²) in [6.45, 7) is 6.77. The van der Waals surface area contributed by atoms with Crippen LogP contribution in [0.3, 0.4) is 0 Å². The zero-order valence-electron chi connectivity index (χ0n) is 10.8. The number of hydrogen-bond donors (Lipinski definition) is 1. The van der Waals surface area contributed by atoms with Gasteiger partial charge in [0.1, 0.15) is 0 Å². The summed E-state index contributed by atoms with van der Waals surface area (Å²) in [4.78, 5) is 0. The zero-order valence-corrected chi connectivity index (χ0v) is 10.8. The Morgan fingerprint density at radius 3 is 2.07 bits per heavy atom. The fourth-order valence-electron chi connectivity index (χ4n) is 2.91. The molecule has 1 atom stereocenters. The molecule has 0 aliphatic heterocycles. The SMILES string of the molecule is CCC(CC)CC(O)C1(C)CCCCC1. The highest BCUT2D eigenvalue weighted by Crippen LogP contribution is 2.41. The van der Waals surface area contributed by atoms with Crippen LogP contribution in [-0.2, 0) is 0 Å². The minimum absolute atomic E-state index is 0.0669. The second kappa shape index (κ2) is 5.89. The van der Waals surface area contributed by atoms with Crippen LogP contribution >= 0.6 is 0 Å². The van der Waals surface area contributed by atoms with Crippen LogP contribution < -0.4 is 0 Å². The molecule has 1 N–H and O–H groups in total. The third-order valence-corrected chi connectivity index (χ3v) is 4.51. The molecule has 1 heteroatoms. The summed E-state index contributed by atoms with van der Waals surface area (Å²) in [7, 11) is 0. The highest BCUT2D eigenvalue weighted by Gasteiger charge is 2.34. The van der Waals surface area contributed by atoms with Gasteiger partial charge in [-0.3, -0.25) is 0 Å². The Bertz CT molecular complexity index is 166. The van der Waals surface area contributed by atoms with Gasteiger partial charge in [0, 0.05) is 0 Å². The third-order valence-electron chi connectivity index (χ3n) is 4.51. The highest BCUT2D eigenvalue weighted by atomic mass is 16.3. The van der Waals surface area contributed by atoms with E-state index in [0.717, 1.165) is 12.3 Å². The summed E-state index contributed by atoms with van der Waals surface area (Å²) < 4.78 is 0. The number of aliphatic hydroxyl groups excluding tert-OH is 1. The number of rotatable bonds is 5. The monoisotopic (exact) mass is 212 g/mol. The Kier molecular flexibility index (Phi) is 5.11. The van der Waals surface area contributed by atoms with E-state index >= 15 is 0 Å². The Hall–Kier alpha value is -0.0400. The molecule has 0 aromatic heterocycles. The number of aliphatic hydroxyl groups is 1. The van der Waals surface area contributed by atoms with Gasteiger partial charge in [-0.15, -0.1) is 0 Å². The Labute approximate surface area is 95.3 Å². The van der Waals surface area contributed by atoms with Crippen LogP contribution in [0.2, 0.25) is 0 Å². The molecule has 0 heterocycles. The van der Waals surface area contributed by atoms with Crippen molar-refractivity contribution in [3.63, 3.8) is 0 Å². The molecular formula is C14H28O. The van der Waals surface area contributed by atoms with Crippen molar-refractivity contribution in [1.82, 2.24) is 0 Å². The lowest BCUT2D eigenvalue weighted by Crippen LogP contribution is -2.35. The summed E-state index contributed by atoms with van der Waals surface area (Å²) in [6, 6.07) is 0. The van der Waals surface area contributed by atoms with Gasteiger partial charge in [-0.1, -0.05) is 52.9 Å². The lowest BCUT2D eigenvalue weighted by Gasteiger charge is -2.39. The smallest absolute Gasteiger partial charge is 0.0596 e. The van der Waals surface area contributed by atoms with Crippen molar-refractivity contribution >= 4 is 0 Å². The van der Waals surface area contributed by atoms with Crippen molar-refractivity contribution in [2.75, 3.05) is 0 Å². The molecule has 0 amide bonds. The Morgan fingerprint density at radius 1 is 1.07 bits per heavy atom. The molecule has 1 aliphatic rings. The number of hydrogen-bond acceptors (Lipinski definition) is 1. The van der Waals surface area contributed by atoms with Crippen molar-refractivity contribution in [3.8, 4) is 0 Å². The van der Waals surface area contributed by atoms with Crippen LogP contribution in [0, 0.1) is 11.3 Å². The molecule has 1 unspecified atom stereocenters. The van der Waals surface area contributed by atoms with Gasteiger partial charge in [0.05, 0.1) is 6.10 Å². The standard InChI is InChI=1S/C14H28O/c1-4-12(5-2)11-13(15)14(3)9-7-6-8-10-14/h12-13,15H,4-11H2,1-3H3. The van der Waals surface area contributed by atoms with E-state index in [9.17, 15) is 5.11 Å². The fraction of sp³-hybridized carbons (Fsp3) is 1.00. The van der Waals surface area contributed by atoms with Crippen molar-refractivity contribution < 1.29 is 5.11 Å². The minimum Gasteiger partial charge on any atom is -0.393 e. The van der Waals surface area contributed by atoms with E-state index in [-0.39, 0.29) is 11.5 Å². The summed E-state index contributed by atoms with van der Waals surface area (Å²) in [5.41, 5.74) is 0.223. The maximum Gasteiger partial charge on any atom is 0.0596 e. The molecule has 0 aromatic carbocycles. The molecule has 0 spiro atoms. The molecule has 1 rings (SSSR count). The average Bonchev–Trinajstić information content (AvgIpc) is 2.26. The molecule has 1 aliphatic carbocycles. The van der Waals surface area contributed by atoms with E-state index in [1.807, 2.05) is 0 Å². The van der Waals surface area contributed by atoms with Crippen molar-refractivity contribution in [2.45, 2.75) is 78.2 Å². The summed E-state index contributed by atoms with van der Waals surface area (Å²) >= 11 is 0. The van der Waals surface area contributed by atoms with Crippen molar-refractivity contribution in [3.05, 3.63) is 0 Å². The van der Waals surface area contributed by atoms with Crippen LogP contribution in [0.1, 0.15) is 72.1 Å². The first-order chi connectivity index (χ1) is 7.12. The summed E-state index contributed by atoms with van der Waals surface area (Å²) in [5, 5.41) is 10.4. The molecule has 0 radical (unpaired) electrons. The van der Waals surface area contributed by atoms with Crippen molar-refractivity contribution in [1.29, 1.82) is 0 Å². The summed E-state index contributed by atoms with van der Waals surface area (Å²) in [5.74, 6) is 0.721. The lowest BCUT2D eigenvalue weighted by molar-refractivity contribution is -0.00709. The van der Waals surface area contributed by atoms with Gasteiger partial charge < -0.3 is 5.11 Å². The maximum absolute atomic E-state index is 10.4. The van der Waals surface area contributed by atoms with Crippen LogP contribution in [0.25, 0.3) is 0 Å². The van der Waals surface area contributed by atoms with Gasteiger partial charge in [-0.05, 0) is 30.6 Å². The van der Waals surface area contributed by atoms with E-state index in [4.69, 9.17) is 0 Å². The summed E-state index contributed by atoms with van der Waals surface area (Å²) in [6.07, 6.45) is 9.84. The molecule has 1 nitrogen and oxygen atoms in total. The van der Waals surface area contributed by atoms with E-state index in [0.29, 0.717) is 0 Å². The van der Waals surface area contributed by atoms with Gasteiger partial charge in [0.15, 0.2) is 0 Å². The highest BCUT2D eigenvalue weighted by molar-refractivity contribution is 4.86. The first-order valence-electron chi connectivity index (χ1n) is 6.80. The second-order valence-corrected chi connectivity index (χ2v) is 5.65. The van der Waals surface area contributed by atoms with E-state index in [1.165, 1.54) is 44.9 Å². The van der Waals surface area contributed by atoms with Crippen LogP contribution in [0.4, 0.5) is 0 Å². The normalized spacial score (nSPS) is 23.0. The molecular weight excluding hydrogens is 184 g/mol. The van der Waals surface area contributed by atoms with Crippen LogP contribution in [0.15, 0.2) is 0 Å². The predicted molar refractivity (Wildman–Crippen MR) is 65.9 cm³/mol. The topological polar surface area (TPSA) is 20.2 Å². The largest absolute Gasteiger partial charge is 0.393 e. The molecule has 0 aromatic rings. The maximum atomic E-state index is 10.4. The predicted octanol–water partition coefficient (Wildman–Crippen LogP) is 4.14. The van der Waals surface area contributed by atoms with Gasteiger partial charge in [0.2, 0.25) is 0 Å². The first-order valence-corrected chi connectivity index (χ1v) is 6.80. The van der Waals surface area contributed by atoms with Crippen molar-refractivity contribution in [2.24, 2.45) is 11.3 Å². The second-order valence-electron chi connectivity index (χ2n) is 5.65. The third kappa shape index (κ3) is 3.48. The molecule has 15 heavy (non-hydrogen) atoms. The van der Waals surface area contributed by atoms with Crippen LogP contribution in [-0.4, -0.2) is 11.2 Å². The average molecular weight is 212 g/mol. The Balaban J connectivity index is 2.46. The molecule has 1 saturated carbocycles. The van der Waals surface area contributed by atoms with E-state index in [1.54, 1.807) is 0 Å². The minimum atomic E-state index is -0.0669. The van der Waals surface area contributed by atoms with E-state index in [2.05, 4.69) is 20.8 Å². The first kappa shape index (κ1) is 13.0. The molecule has 0 saturated heterocycles. The van der Waals surface area contributed by atoms with Gasteiger partial charge in [-0.2, -0.15) is 0 Å². The Morgan fingerprint density at radius 2 is 1.60 bits per heavy atom.